The summed E-state index contributed by atoms with van der Waals surface area (Å²) in [5, 5.41) is 8.38. The lowest BCUT2D eigenvalue weighted by Gasteiger charge is -2.13. The van der Waals surface area contributed by atoms with Crippen LogP contribution in [0, 0.1) is 11.8 Å². The smallest absolute Gasteiger partial charge is 0.151 e. The molecule has 0 amide bonds. The molecule has 0 spiro atoms. The third kappa shape index (κ3) is 2.67. The minimum absolute atomic E-state index is 0.460. The second kappa shape index (κ2) is 4.45. The van der Waals surface area contributed by atoms with Gasteiger partial charge in [0.25, 0.3) is 0 Å². The molecule has 82 valence electrons. The van der Waals surface area contributed by atoms with E-state index in [1.54, 1.807) is 6.07 Å². The maximum Gasteiger partial charge on any atom is 0.151 e. The third-order valence-electron chi connectivity index (χ3n) is 3.14. The Morgan fingerprint density at radius 1 is 1.27 bits per heavy atom. The van der Waals surface area contributed by atoms with Crippen LogP contribution in [-0.4, -0.2) is 28.2 Å². The molecule has 2 rings (SSSR count). The molecule has 3 nitrogen and oxygen atoms in total. The molecule has 4 heteroatoms. The number of likely N-dealkylation sites (tertiary alicyclic amines) is 1. The Hall–Kier alpha value is -0.670. The van der Waals surface area contributed by atoms with Crippen molar-refractivity contribution in [1.29, 1.82) is 0 Å². The monoisotopic (exact) mass is 225 g/mol. The maximum absolute atomic E-state index is 5.69. The first-order chi connectivity index (χ1) is 7.15. The van der Waals surface area contributed by atoms with Gasteiger partial charge in [-0.3, -0.25) is 4.90 Å². The van der Waals surface area contributed by atoms with E-state index in [0.717, 1.165) is 37.2 Å². The molecule has 0 bridgehead atoms. The second-order valence-electron chi connectivity index (χ2n) is 4.50. The highest BCUT2D eigenvalue weighted by atomic mass is 35.5. The Balaban J connectivity index is 1.95. The maximum atomic E-state index is 5.69. The summed E-state index contributed by atoms with van der Waals surface area (Å²) in [5.41, 5.74) is 1.00. The average Bonchev–Trinajstić information content (AvgIpc) is 2.50. The minimum atomic E-state index is 0.460. The van der Waals surface area contributed by atoms with Crippen molar-refractivity contribution >= 4 is 11.6 Å². The number of hydrogen-bond acceptors (Lipinski definition) is 3. The van der Waals surface area contributed by atoms with E-state index in [1.807, 2.05) is 6.07 Å². The first-order valence-electron chi connectivity index (χ1n) is 5.35. The van der Waals surface area contributed by atoms with Crippen molar-refractivity contribution in [2.45, 2.75) is 20.4 Å². The Kier molecular flexibility index (Phi) is 3.22. The fraction of sp³-hybridized carbons (Fsp3) is 0.636. The van der Waals surface area contributed by atoms with Crippen molar-refractivity contribution < 1.29 is 0 Å². The molecule has 1 aliphatic rings. The van der Waals surface area contributed by atoms with E-state index >= 15 is 0 Å². The van der Waals surface area contributed by atoms with Crippen LogP contribution in [0.5, 0.6) is 0 Å². The standard InChI is InChI=1S/C11H16ClN3/c1-8-5-15(6-9(8)2)7-10-3-4-11(12)14-13-10/h3-4,8-9H,5-7H2,1-2H3. The number of rotatable bonds is 2. The van der Waals surface area contributed by atoms with Crippen LogP contribution in [0.4, 0.5) is 0 Å². The zero-order chi connectivity index (χ0) is 10.8. The summed E-state index contributed by atoms with van der Waals surface area (Å²) < 4.78 is 0. The quantitative estimate of drug-likeness (QED) is 0.773. The number of halogens is 1. The summed E-state index contributed by atoms with van der Waals surface area (Å²) in [4.78, 5) is 2.42. The number of aromatic nitrogens is 2. The Morgan fingerprint density at radius 2 is 1.93 bits per heavy atom. The minimum Gasteiger partial charge on any atom is -0.297 e. The van der Waals surface area contributed by atoms with E-state index in [2.05, 4.69) is 28.9 Å². The first-order valence-corrected chi connectivity index (χ1v) is 5.73. The van der Waals surface area contributed by atoms with Crippen LogP contribution in [0.2, 0.25) is 5.15 Å². The molecule has 2 atom stereocenters. The third-order valence-corrected chi connectivity index (χ3v) is 3.34. The van der Waals surface area contributed by atoms with Gasteiger partial charge in [0.15, 0.2) is 5.15 Å². The molecule has 2 heterocycles. The van der Waals surface area contributed by atoms with Crippen LogP contribution in [0.3, 0.4) is 0 Å². The highest BCUT2D eigenvalue weighted by molar-refractivity contribution is 6.29. The van der Waals surface area contributed by atoms with Gasteiger partial charge in [-0.25, -0.2) is 0 Å². The molecule has 2 unspecified atom stereocenters. The van der Waals surface area contributed by atoms with E-state index < -0.39 is 0 Å². The fourth-order valence-electron chi connectivity index (χ4n) is 2.04. The molecule has 1 fully saturated rings. The Labute approximate surface area is 95.5 Å². The highest BCUT2D eigenvalue weighted by Crippen LogP contribution is 2.23. The van der Waals surface area contributed by atoms with Gasteiger partial charge < -0.3 is 0 Å². The van der Waals surface area contributed by atoms with Gasteiger partial charge in [0, 0.05) is 19.6 Å². The van der Waals surface area contributed by atoms with Crippen molar-refractivity contribution in [3.8, 4) is 0 Å². The summed E-state index contributed by atoms with van der Waals surface area (Å²) in [6, 6.07) is 3.75. The van der Waals surface area contributed by atoms with E-state index in [4.69, 9.17) is 11.6 Å². The normalized spacial score (nSPS) is 27.1. The van der Waals surface area contributed by atoms with Crippen molar-refractivity contribution in [2.75, 3.05) is 13.1 Å². The molecule has 0 N–H and O–H groups in total. The highest BCUT2D eigenvalue weighted by Gasteiger charge is 2.25. The van der Waals surface area contributed by atoms with Gasteiger partial charge in [-0.2, -0.15) is 5.10 Å². The zero-order valence-corrected chi connectivity index (χ0v) is 9.91. The van der Waals surface area contributed by atoms with Crippen molar-refractivity contribution in [3.05, 3.63) is 23.0 Å². The zero-order valence-electron chi connectivity index (χ0n) is 9.15. The van der Waals surface area contributed by atoms with Gasteiger partial charge in [0.1, 0.15) is 0 Å². The molecule has 1 aromatic heterocycles. The van der Waals surface area contributed by atoms with Gasteiger partial charge in [0.2, 0.25) is 0 Å². The van der Waals surface area contributed by atoms with Gasteiger partial charge in [-0.05, 0) is 24.0 Å². The molecule has 0 aromatic carbocycles. The molecule has 1 aromatic rings. The van der Waals surface area contributed by atoms with Crippen LogP contribution in [-0.2, 0) is 6.54 Å². The molecule has 1 aliphatic heterocycles. The van der Waals surface area contributed by atoms with Crippen LogP contribution in [0.25, 0.3) is 0 Å². The van der Waals surface area contributed by atoms with Crippen LogP contribution in [0.15, 0.2) is 12.1 Å². The second-order valence-corrected chi connectivity index (χ2v) is 4.88. The molecule has 0 aliphatic carbocycles. The lowest BCUT2D eigenvalue weighted by molar-refractivity contribution is 0.311. The summed E-state index contributed by atoms with van der Waals surface area (Å²) in [6.45, 7) is 7.81. The largest absolute Gasteiger partial charge is 0.297 e. The van der Waals surface area contributed by atoms with Gasteiger partial charge in [-0.15, -0.1) is 5.10 Å². The molecular weight excluding hydrogens is 210 g/mol. The topological polar surface area (TPSA) is 29.0 Å². The molecule has 0 radical (unpaired) electrons. The van der Waals surface area contributed by atoms with Crippen LogP contribution in [0.1, 0.15) is 19.5 Å². The first kappa shape index (κ1) is 10.8. The van der Waals surface area contributed by atoms with Gasteiger partial charge in [-0.1, -0.05) is 25.4 Å². The van der Waals surface area contributed by atoms with Crippen LogP contribution < -0.4 is 0 Å². The summed E-state index contributed by atoms with van der Waals surface area (Å²) in [6.07, 6.45) is 0. The van der Waals surface area contributed by atoms with Gasteiger partial charge in [0.05, 0.1) is 5.69 Å². The van der Waals surface area contributed by atoms with Crippen LogP contribution >= 0.6 is 11.6 Å². The summed E-state index contributed by atoms with van der Waals surface area (Å²) in [7, 11) is 0. The summed E-state index contributed by atoms with van der Waals surface area (Å²) in [5.74, 6) is 1.57. The Morgan fingerprint density at radius 3 is 2.47 bits per heavy atom. The lowest BCUT2D eigenvalue weighted by atomic mass is 10.0. The number of nitrogens with zero attached hydrogens (tertiary/aromatic N) is 3. The Bertz CT molecular complexity index is 315. The predicted molar refractivity (Wildman–Crippen MR) is 60.6 cm³/mol. The van der Waals surface area contributed by atoms with E-state index in [-0.39, 0.29) is 0 Å². The molecule has 0 saturated carbocycles. The van der Waals surface area contributed by atoms with Gasteiger partial charge >= 0.3 is 0 Å². The lowest BCUT2D eigenvalue weighted by Crippen LogP contribution is -2.20. The average molecular weight is 226 g/mol. The molecule has 1 saturated heterocycles. The summed E-state index contributed by atoms with van der Waals surface area (Å²) >= 11 is 5.69. The van der Waals surface area contributed by atoms with E-state index in [1.165, 1.54) is 0 Å². The van der Waals surface area contributed by atoms with Crippen molar-refractivity contribution in [2.24, 2.45) is 11.8 Å². The molecule has 15 heavy (non-hydrogen) atoms. The van der Waals surface area contributed by atoms with E-state index in [0.29, 0.717) is 5.15 Å². The van der Waals surface area contributed by atoms with Crippen molar-refractivity contribution in [3.63, 3.8) is 0 Å². The van der Waals surface area contributed by atoms with Crippen molar-refractivity contribution in [1.82, 2.24) is 15.1 Å². The molecular formula is C11H16ClN3. The van der Waals surface area contributed by atoms with E-state index in [9.17, 15) is 0 Å². The SMILES string of the molecule is CC1CN(Cc2ccc(Cl)nn2)CC1C. The predicted octanol–water partition coefficient (Wildman–Crippen LogP) is 2.22. The fourth-order valence-corrected chi connectivity index (χ4v) is 2.14. The number of hydrogen-bond donors (Lipinski definition) is 0.